The molecule has 0 fully saturated rings. The Morgan fingerprint density at radius 2 is 2.11 bits per heavy atom. The van der Waals surface area contributed by atoms with Gasteiger partial charge in [0.05, 0.1) is 11.9 Å². The van der Waals surface area contributed by atoms with Crippen LogP contribution in [0.25, 0.3) is 0 Å². The van der Waals surface area contributed by atoms with Crippen LogP contribution in [0.15, 0.2) is 18.6 Å². The summed E-state index contributed by atoms with van der Waals surface area (Å²) in [6, 6.07) is 0. The van der Waals surface area contributed by atoms with Gasteiger partial charge in [0.25, 0.3) is 5.91 Å². The largest absolute Gasteiger partial charge is 0.478 e. The second kappa shape index (κ2) is 5.11. The molecule has 2 aromatic rings. The zero-order chi connectivity index (χ0) is 14.0. The van der Waals surface area contributed by atoms with Crippen LogP contribution in [0.5, 0.6) is 0 Å². The maximum Gasteiger partial charge on any atom is 0.340 e. The van der Waals surface area contributed by atoms with Crippen molar-refractivity contribution >= 4 is 28.4 Å². The van der Waals surface area contributed by atoms with Crippen molar-refractivity contribution in [1.29, 1.82) is 0 Å². The summed E-state index contributed by atoms with van der Waals surface area (Å²) in [6.45, 7) is 1.59. The number of aromatic nitrogens is 3. The Hall–Kier alpha value is -2.35. The van der Waals surface area contributed by atoms with E-state index in [9.17, 15) is 9.59 Å². The fraction of sp³-hybridized carbons (Fsp3) is 0.182. The van der Waals surface area contributed by atoms with Crippen LogP contribution in [-0.2, 0) is 0 Å². The van der Waals surface area contributed by atoms with E-state index in [-0.39, 0.29) is 16.3 Å². The normalized spacial score (nSPS) is 10.2. The molecule has 0 aliphatic rings. The van der Waals surface area contributed by atoms with Crippen molar-refractivity contribution in [2.24, 2.45) is 0 Å². The van der Waals surface area contributed by atoms with Crippen molar-refractivity contribution in [1.82, 2.24) is 14.3 Å². The smallest absolute Gasteiger partial charge is 0.340 e. The second-order valence-electron chi connectivity index (χ2n) is 3.71. The van der Waals surface area contributed by atoms with Gasteiger partial charge < -0.3 is 5.11 Å². The van der Waals surface area contributed by atoms with Crippen LogP contribution in [-0.4, -0.2) is 38.4 Å². The number of carboxylic acids is 1. The molecule has 0 saturated carbocycles. The Labute approximate surface area is 112 Å². The Kier molecular flexibility index (Phi) is 3.52. The van der Waals surface area contributed by atoms with Crippen LogP contribution in [0.4, 0.5) is 5.00 Å². The molecule has 0 saturated heterocycles. The van der Waals surface area contributed by atoms with E-state index < -0.39 is 11.9 Å². The summed E-state index contributed by atoms with van der Waals surface area (Å²) in [7, 11) is 1.48. The number of amides is 1. The summed E-state index contributed by atoms with van der Waals surface area (Å²) in [5.74, 6) is -1.54. The molecule has 2 rings (SSSR count). The van der Waals surface area contributed by atoms with Gasteiger partial charge in [0.2, 0.25) is 0 Å². The van der Waals surface area contributed by atoms with Gasteiger partial charge in [-0.1, -0.05) is 0 Å². The van der Waals surface area contributed by atoms with Crippen LogP contribution in [0.1, 0.15) is 26.5 Å². The highest BCUT2D eigenvalue weighted by atomic mass is 32.1. The number of carboxylic acid groups (broad SMARTS) is 1. The standard InChI is InChI=1S/C11H10N4O3S/c1-6-8(11(17)18)10(19-14-6)15(2)9(16)7-5-12-3-4-13-7/h3-5H,1-2H3,(H,17,18). The molecule has 2 heterocycles. The lowest BCUT2D eigenvalue weighted by Crippen LogP contribution is -2.27. The quantitative estimate of drug-likeness (QED) is 0.906. The summed E-state index contributed by atoms with van der Waals surface area (Å²) in [4.78, 5) is 32.2. The minimum Gasteiger partial charge on any atom is -0.478 e. The number of nitrogens with zero attached hydrogens (tertiary/aromatic N) is 4. The second-order valence-corrected chi connectivity index (χ2v) is 4.46. The fourth-order valence-corrected chi connectivity index (χ4v) is 2.35. The molecule has 0 spiro atoms. The van der Waals surface area contributed by atoms with Crippen LogP contribution in [0.2, 0.25) is 0 Å². The van der Waals surface area contributed by atoms with E-state index in [0.29, 0.717) is 5.69 Å². The first-order valence-corrected chi connectivity index (χ1v) is 6.03. The molecule has 1 N–H and O–H groups in total. The Balaban J connectivity index is 2.38. The van der Waals surface area contributed by atoms with Crippen LogP contribution in [0, 0.1) is 6.92 Å². The first-order valence-electron chi connectivity index (χ1n) is 5.26. The molecule has 8 heteroatoms. The number of rotatable bonds is 3. The number of anilines is 1. The lowest BCUT2D eigenvalue weighted by atomic mass is 10.2. The molecule has 0 bridgehead atoms. The molecular weight excluding hydrogens is 268 g/mol. The van der Waals surface area contributed by atoms with Crippen molar-refractivity contribution in [2.75, 3.05) is 11.9 Å². The van der Waals surface area contributed by atoms with E-state index in [1.165, 1.54) is 30.5 Å². The van der Waals surface area contributed by atoms with Crippen molar-refractivity contribution in [3.8, 4) is 0 Å². The predicted octanol–water partition coefficient (Wildman–Crippen LogP) is 1.22. The highest BCUT2D eigenvalue weighted by Gasteiger charge is 2.25. The predicted molar refractivity (Wildman–Crippen MR) is 68.6 cm³/mol. The average Bonchev–Trinajstić information content (AvgIpc) is 2.80. The van der Waals surface area contributed by atoms with Gasteiger partial charge in [-0.15, -0.1) is 0 Å². The van der Waals surface area contributed by atoms with Crippen LogP contribution in [0.3, 0.4) is 0 Å². The third-order valence-corrected chi connectivity index (χ3v) is 3.47. The Morgan fingerprint density at radius 1 is 1.37 bits per heavy atom. The first-order chi connectivity index (χ1) is 9.02. The van der Waals surface area contributed by atoms with Gasteiger partial charge in [-0.2, -0.15) is 4.37 Å². The van der Waals surface area contributed by atoms with Gasteiger partial charge in [0.1, 0.15) is 16.3 Å². The zero-order valence-corrected chi connectivity index (χ0v) is 11.0. The van der Waals surface area contributed by atoms with Gasteiger partial charge in [-0.05, 0) is 18.5 Å². The minimum absolute atomic E-state index is 0.0322. The lowest BCUT2D eigenvalue weighted by Gasteiger charge is -2.14. The van der Waals surface area contributed by atoms with Crippen molar-refractivity contribution in [3.63, 3.8) is 0 Å². The number of hydrogen-bond donors (Lipinski definition) is 1. The highest BCUT2D eigenvalue weighted by molar-refractivity contribution is 7.11. The molecule has 19 heavy (non-hydrogen) atoms. The molecule has 1 amide bonds. The monoisotopic (exact) mass is 278 g/mol. The van der Waals surface area contributed by atoms with Crippen LogP contribution >= 0.6 is 11.5 Å². The number of carbonyl (C=O) groups is 2. The van der Waals surface area contributed by atoms with Crippen molar-refractivity contribution < 1.29 is 14.7 Å². The highest BCUT2D eigenvalue weighted by Crippen LogP contribution is 2.28. The molecule has 98 valence electrons. The lowest BCUT2D eigenvalue weighted by molar-refractivity contribution is 0.0697. The summed E-state index contributed by atoms with van der Waals surface area (Å²) < 4.78 is 3.97. The van der Waals surface area contributed by atoms with Gasteiger partial charge in [-0.25, -0.2) is 9.78 Å². The van der Waals surface area contributed by atoms with E-state index in [4.69, 9.17) is 5.11 Å². The van der Waals surface area contributed by atoms with E-state index in [1.807, 2.05) is 0 Å². The van der Waals surface area contributed by atoms with Gasteiger partial charge in [-0.3, -0.25) is 14.7 Å². The van der Waals surface area contributed by atoms with E-state index in [0.717, 1.165) is 11.5 Å². The van der Waals surface area contributed by atoms with Crippen molar-refractivity contribution in [2.45, 2.75) is 6.92 Å². The van der Waals surface area contributed by atoms with Gasteiger partial charge in [0, 0.05) is 19.4 Å². The van der Waals surface area contributed by atoms with E-state index >= 15 is 0 Å². The number of carbonyl (C=O) groups excluding carboxylic acids is 1. The molecule has 0 atom stereocenters. The average molecular weight is 278 g/mol. The minimum atomic E-state index is -1.11. The molecule has 0 aliphatic heterocycles. The molecule has 2 aromatic heterocycles. The van der Waals surface area contributed by atoms with Gasteiger partial charge >= 0.3 is 5.97 Å². The maximum atomic E-state index is 12.1. The Bertz CT molecular complexity index is 626. The topological polar surface area (TPSA) is 96.3 Å². The number of hydrogen-bond acceptors (Lipinski definition) is 6. The van der Waals surface area contributed by atoms with E-state index in [1.54, 1.807) is 6.92 Å². The maximum absolute atomic E-state index is 12.1. The first kappa shape index (κ1) is 13.1. The molecule has 0 aromatic carbocycles. The summed E-state index contributed by atoms with van der Waals surface area (Å²) in [6.07, 6.45) is 4.18. The number of aromatic carboxylic acids is 1. The summed E-state index contributed by atoms with van der Waals surface area (Å²) >= 11 is 0.962. The number of aryl methyl sites for hydroxylation is 1. The fourth-order valence-electron chi connectivity index (χ4n) is 1.51. The summed E-state index contributed by atoms with van der Waals surface area (Å²) in [5.41, 5.74) is 0.559. The molecule has 0 unspecified atom stereocenters. The Morgan fingerprint density at radius 3 is 2.68 bits per heavy atom. The molecule has 0 radical (unpaired) electrons. The summed E-state index contributed by atoms with van der Waals surface area (Å²) in [5, 5.41) is 9.42. The van der Waals surface area contributed by atoms with E-state index in [2.05, 4.69) is 14.3 Å². The van der Waals surface area contributed by atoms with Gasteiger partial charge in [0.15, 0.2) is 0 Å². The zero-order valence-electron chi connectivity index (χ0n) is 10.2. The molecule has 7 nitrogen and oxygen atoms in total. The third kappa shape index (κ3) is 2.43. The SMILES string of the molecule is Cc1nsc(N(C)C(=O)c2cnccn2)c1C(=O)O. The molecular formula is C11H10N4O3S. The van der Waals surface area contributed by atoms with Crippen molar-refractivity contribution in [3.05, 3.63) is 35.5 Å². The molecule has 0 aliphatic carbocycles. The van der Waals surface area contributed by atoms with Crippen LogP contribution < -0.4 is 4.90 Å². The third-order valence-electron chi connectivity index (χ3n) is 2.45.